The molecule has 0 spiro atoms. The van der Waals surface area contributed by atoms with E-state index in [0.29, 0.717) is 30.8 Å². The number of hydrogen-bond acceptors (Lipinski definition) is 5. The number of likely N-dealkylation sites (tertiary alicyclic amines) is 1. The van der Waals surface area contributed by atoms with Crippen molar-refractivity contribution >= 4 is 17.1 Å². The van der Waals surface area contributed by atoms with Gasteiger partial charge in [-0.3, -0.25) is 18.7 Å². The Morgan fingerprint density at radius 3 is 2.75 bits per heavy atom. The van der Waals surface area contributed by atoms with Gasteiger partial charge in [-0.15, -0.1) is 0 Å². The number of rotatable bonds is 4. The summed E-state index contributed by atoms with van der Waals surface area (Å²) in [6.07, 6.45) is 3.36. The molecule has 1 aliphatic rings. The van der Waals surface area contributed by atoms with Gasteiger partial charge in [0, 0.05) is 33.7 Å². The van der Waals surface area contributed by atoms with E-state index in [1.807, 2.05) is 0 Å². The zero-order valence-corrected chi connectivity index (χ0v) is 13.9. The van der Waals surface area contributed by atoms with E-state index >= 15 is 0 Å². The van der Waals surface area contributed by atoms with Gasteiger partial charge < -0.3 is 15.2 Å². The molecule has 0 radical (unpaired) electrons. The van der Waals surface area contributed by atoms with E-state index in [4.69, 9.17) is 5.73 Å². The Bertz CT molecular complexity index is 893. The molecule has 9 heteroatoms. The van der Waals surface area contributed by atoms with Crippen LogP contribution in [-0.2, 0) is 25.4 Å². The maximum absolute atomic E-state index is 12.4. The minimum atomic E-state index is -0.391. The Morgan fingerprint density at radius 2 is 2.04 bits per heavy atom. The number of nitrogens with two attached hydrogens (primary N) is 1. The van der Waals surface area contributed by atoms with Crippen molar-refractivity contribution in [2.24, 2.45) is 25.7 Å². The molecule has 0 aliphatic carbocycles. The number of primary amides is 1. The molecule has 2 aromatic rings. The van der Waals surface area contributed by atoms with Crippen molar-refractivity contribution in [1.29, 1.82) is 0 Å². The lowest BCUT2D eigenvalue weighted by Crippen LogP contribution is -2.42. The van der Waals surface area contributed by atoms with E-state index in [9.17, 15) is 14.4 Å². The highest BCUT2D eigenvalue weighted by atomic mass is 16.2. The molecular weight excluding hydrogens is 312 g/mol. The van der Waals surface area contributed by atoms with Crippen molar-refractivity contribution in [3.63, 3.8) is 0 Å². The second-order valence-electron chi connectivity index (χ2n) is 6.36. The Labute approximate surface area is 138 Å². The van der Waals surface area contributed by atoms with Gasteiger partial charge in [0.25, 0.3) is 5.56 Å². The summed E-state index contributed by atoms with van der Waals surface area (Å²) < 4.78 is 4.23. The number of hydrogen-bond donors (Lipinski definition) is 1. The van der Waals surface area contributed by atoms with Crippen molar-refractivity contribution < 1.29 is 4.79 Å². The summed E-state index contributed by atoms with van der Waals surface area (Å²) >= 11 is 0. The van der Waals surface area contributed by atoms with Gasteiger partial charge in [-0.2, -0.15) is 0 Å². The average Bonchev–Trinajstić information content (AvgIpc) is 3.00. The molecule has 0 bridgehead atoms. The molecule has 1 saturated heterocycles. The third kappa shape index (κ3) is 2.75. The molecule has 0 aromatic carbocycles. The van der Waals surface area contributed by atoms with Gasteiger partial charge in [-0.25, -0.2) is 9.78 Å². The molecule has 1 amide bonds. The number of carbonyl (C=O) groups is 1. The average molecular weight is 334 g/mol. The van der Waals surface area contributed by atoms with E-state index in [-0.39, 0.29) is 17.4 Å². The number of carbonyl (C=O) groups excluding carboxylic acids is 1. The second-order valence-corrected chi connectivity index (χ2v) is 6.36. The molecule has 9 nitrogen and oxygen atoms in total. The predicted octanol–water partition coefficient (Wildman–Crippen LogP) is -1.37. The first-order valence-corrected chi connectivity index (χ1v) is 8.02. The van der Waals surface area contributed by atoms with E-state index in [0.717, 1.165) is 24.0 Å². The van der Waals surface area contributed by atoms with E-state index in [1.165, 1.54) is 11.6 Å². The minimum absolute atomic E-state index is 0.105. The Hall–Kier alpha value is -2.42. The van der Waals surface area contributed by atoms with E-state index < -0.39 is 5.69 Å². The zero-order valence-electron chi connectivity index (χ0n) is 13.9. The maximum atomic E-state index is 12.4. The van der Waals surface area contributed by atoms with Crippen LogP contribution >= 0.6 is 0 Å². The first kappa shape index (κ1) is 16.4. The van der Waals surface area contributed by atoms with Crippen LogP contribution in [-0.4, -0.2) is 49.1 Å². The van der Waals surface area contributed by atoms with Gasteiger partial charge in [0.05, 0.1) is 12.2 Å². The number of aryl methyl sites for hydroxylation is 1. The molecule has 3 rings (SSSR count). The highest BCUT2D eigenvalue weighted by Gasteiger charge is 2.24. The summed E-state index contributed by atoms with van der Waals surface area (Å²) in [5, 5.41) is 0. The summed E-state index contributed by atoms with van der Waals surface area (Å²) in [6, 6.07) is 0. The molecule has 24 heavy (non-hydrogen) atoms. The zero-order chi connectivity index (χ0) is 17.4. The SMILES string of the molecule is Cn1c(=O)c2c(ncn2CCN2CCCC(C(N)=O)C2)n(C)c1=O. The highest BCUT2D eigenvalue weighted by molar-refractivity contribution is 5.77. The number of amides is 1. The number of piperidine rings is 1. The van der Waals surface area contributed by atoms with Crippen LogP contribution in [0.5, 0.6) is 0 Å². The topological polar surface area (TPSA) is 108 Å². The first-order chi connectivity index (χ1) is 11.4. The quantitative estimate of drug-likeness (QED) is 0.742. The largest absolute Gasteiger partial charge is 0.369 e. The normalized spacial score (nSPS) is 19.0. The van der Waals surface area contributed by atoms with E-state index in [1.54, 1.807) is 17.9 Å². The molecule has 1 unspecified atom stereocenters. The smallest absolute Gasteiger partial charge is 0.332 e. The van der Waals surface area contributed by atoms with Gasteiger partial charge in [0.15, 0.2) is 11.2 Å². The fourth-order valence-electron chi connectivity index (χ4n) is 3.31. The monoisotopic (exact) mass is 334 g/mol. The number of fused-ring (bicyclic) bond motifs is 1. The van der Waals surface area contributed by atoms with Crippen molar-refractivity contribution in [1.82, 2.24) is 23.6 Å². The molecule has 1 aliphatic heterocycles. The standard InChI is InChI=1S/C15H22N6O3/c1-18-13-11(14(23)19(2)15(18)24)21(9-17-13)7-6-20-5-3-4-10(8-20)12(16)22/h9-10H,3-8H2,1-2H3,(H2,16,22). The van der Waals surface area contributed by atoms with Crippen LogP contribution < -0.4 is 17.0 Å². The molecule has 2 N–H and O–H groups in total. The van der Waals surface area contributed by atoms with Crippen LogP contribution in [0.25, 0.3) is 11.2 Å². The van der Waals surface area contributed by atoms with Crippen LogP contribution in [0, 0.1) is 5.92 Å². The molecule has 1 fully saturated rings. The van der Waals surface area contributed by atoms with Crippen molar-refractivity contribution in [3.8, 4) is 0 Å². The first-order valence-electron chi connectivity index (χ1n) is 8.02. The lowest BCUT2D eigenvalue weighted by atomic mass is 9.97. The molecule has 2 aromatic heterocycles. The Kier molecular flexibility index (Phi) is 4.27. The number of aromatic nitrogens is 4. The number of nitrogens with zero attached hydrogens (tertiary/aromatic N) is 5. The molecule has 0 saturated carbocycles. The summed E-state index contributed by atoms with van der Waals surface area (Å²) in [7, 11) is 3.06. The van der Waals surface area contributed by atoms with Crippen LogP contribution in [0.15, 0.2) is 15.9 Å². The molecule has 1 atom stereocenters. The molecule has 3 heterocycles. The summed E-state index contributed by atoms with van der Waals surface area (Å²) in [5.41, 5.74) is 5.47. The third-order valence-corrected chi connectivity index (χ3v) is 4.78. The summed E-state index contributed by atoms with van der Waals surface area (Å²) in [4.78, 5) is 42.1. The van der Waals surface area contributed by atoms with Crippen molar-refractivity contribution in [3.05, 3.63) is 27.2 Å². The van der Waals surface area contributed by atoms with Crippen LogP contribution in [0.2, 0.25) is 0 Å². The lowest BCUT2D eigenvalue weighted by molar-refractivity contribution is -0.123. The van der Waals surface area contributed by atoms with E-state index in [2.05, 4.69) is 9.88 Å². The van der Waals surface area contributed by atoms with Crippen LogP contribution in [0.1, 0.15) is 12.8 Å². The highest BCUT2D eigenvalue weighted by Crippen LogP contribution is 2.16. The van der Waals surface area contributed by atoms with Gasteiger partial charge in [0.2, 0.25) is 5.91 Å². The summed E-state index contributed by atoms with van der Waals surface area (Å²) in [6.45, 7) is 2.82. The fourth-order valence-corrected chi connectivity index (χ4v) is 3.31. The second kappa shape index (κ2) is 6.23. The molecule has 130 valence electrons. The van der Waals surface area contributed by atoms with Gasteiger partial charge in [0.1, 0.15) is 0 Å². The third-order valence-electron chi connectivity index (χ3n) is 4.78. The maximum Gasteiger partial charge on any atom is 0.332 e. The van der Waals surface area contributed by atoms with Crippen molar-refractivity contribution in [2.45, 2.75) is 19.4 Å². The predicted molar refractivity (Wildman–Crippen MR) is 88.6 cm³/mol. The fraction of sp³-hybridized carbons (Fsp3) is 0.600. The van der Waals surface area contributed by atoms with Gasteiger partial charge >= 0.3 is 5.69 Å². The Balaban J connectivity index is 1.83. The number of imidazole rings is 1. The summed E-state index contributed by atoms with van der Waals surface area (Å²) in [5.74, 6) is -0.358. The van der Waals surface area contributed by atoms with Crippen LogP contribution in [0.4, 0.5) is 0 Å². The lowest BCUT2D eigenvalue weighted by Gasteiger charge is -2.31. The molecular formula is C15H22N6O3. The van der Waals surface area contributed by atoms with Gasteiger partial charge in [-0.1, -0.05) is 0 Å². The van der Waals surface area contributed by atoms with Crippen molar-refractivity contribution in [2.75, 3.05) is 19.6 Å². The van der Waals surface area contributed by atoms with Gasteiger partial charge in [-0.05, 0) is 19.4 Å². The minimum Gasteiger partial charge on any atom is -0.369 e. The van der Waals surface area contributed by atoms with Crippen LogP contribution in [0.3, 0.4) is 0 Å². The Morgan fingerprint density at radius 1 is 1.29 bits per heavy atom.